The molecular weight excluding hydrogens is 182 g/mol. The summed E-state index contributed by atoms with van der Waals surface area (Å²) in [4.78, 5) is 0. The Labute approximate surface area is 81.0 Å². The van der Waals surface area contributed by atoms with Crippen LogP contribution in [0, 0.1) is 0 Å². The van der Waals surface area contributed by atoms with Crippen molar-refractivity contribution in [1.29, 1.82) is 0 Å². The van der Waals surface area contributed by atoms with E-state index in [9.17, 15) is 0 Å². The van der Waals surface area contributed by atoms with Crippen LogP contribution in [0.3, 0.4) is 0 Å². The predicted molar refractivity (Wildman–Crippen MR) is 51.4 cm³/mol. The fourth-order valence-corrected chi connectivity index (χ4v) is 1.45. The van der Waals surface area contributed by atoms with Crippen molar-refractivity contribution in [1.82, 2.24) is 5.48 Å². The molecule has 0 amide bonds. The highest BCUT2D eigenvalue weighted by Gasteiger charge is 2.06. The third-order valence-electron chi connectivity index (χ3n) is 2.08. The third kappa shape index (κ3) is 1.45. The number of benzene rings is 1. The normalized spacial score (nSPS) is 10.7. The molecule has 0 saturated heterocycles. The van der Waals surface area contributed by atoms with Gasteiger partial charge in [-0.1, -0.05) is 0 Å². The molecule has 0 fully saturated rings. The van der Waals surface area contributed by atoms with E-state index in [4.69, 9.17) is 14.4 Å². The fraction of sp³-hybridized carbons (Fsp3) is 0.200. The van der Waals surface area contributed by atoms with Crippen molar-refractivity contribution >= 4 is 11.0 Å². The monoisotopic (exact) mass is 193 g/mol. The van der Waals surface area contributed by atoms with E-state index in [2.05, 4.69) is 5.48 Å². The van der Waals surface area contributed by atoms with E-state index in [-0.39, 0.29) is 0 Å². The SMILES string of the molecule is COc1cc(CNO)cc2ccoc12. The van der Waals surface area contributed by atoms with Gasteiger partial charge in [0, 0.05) is 11.9 Å². The van der Waals surface area contributed by atoms with Crippen molar-refractivity contribution in [2.24, 2.45) is 0 Å². The lowest BCUT2D eigenvalue weighted by Crippen LogP contribution is -2.05. The Kier molecular flexibility index (Phi) is 2.39. The lowest BCUT2D eigenvalue weighted by Gasteiger charge is -2.04. The van der Waals surface area contributed by atoms with Crippen LogP contribution in [0.5, 0.6) is 5.75 Å². The van der Waals surface area contributed by atoms with Gasteiger partial charge in [0.25, 0.3) is 0 Å². The minimum absolute atomic E-state index is 0.386. The molecule has 0 aliphatic rings. The smallest absolute Gasteiger partial charge is 0.175 e. The first-order valence-corrected chi connectivity index (χ1v) is 4.26. The van der Waals surface area contributed by atoms with E-state index in [1.54, 1.807) is 13.4 Å². The Bertz CT molecular complexity index is 436. The summed E-state index contributed by atoms with van der Waals surface area (Å²) in [6, 6.07) is 5.62. The average molecular weight is 193 g/mol. The number of ether oxygens (including phenoxy) is 1. The zero-order valence-electron chi connectivity index (χ0n) is 7.78. The molecule has 0 atom stereocenters. The molecule has 1 aromatic carbocycles. The molecule has 2 N–H and O–H groups in total. The van der Waals surface area contributed by atoms with Crippen molar-refractivity contribution < 1.29 is 14.4 Å². The van der Waals surface area contributed by atoms with Gasteiger partial charge >= 0.3 is 0 Å². The minimum Gasteiger partial charge on any atom is -0.493 e. The highest BCUT2D eigenvalue weighted by atomic mass is 16.5. The van der Waals surface area contributed by atoms with Crippen LogP contribution >= 0.6 is 0 Å². The number of furan rings is 1. The molecule has 0 aliphatic carbocycles. The Hall–Kier alpha value is -1.52. The second kappa shape index (κ2) is 3.69. The summed E-state index contributed by atoms with van der Waals surface area (Å²) in [7, 11) is 1.59. The molecule has 0 aliphatic heterocycles. The van der Waals surface area contributed by atoms with Gasteiger partial charge in [-0.3, -0.25) is 0 Å². The molecule has 4 nitrogen and oxygen atoms in total. The van der Waals surface area contributed by atoms with Crippen LogP contribution in [-0.2, 0) is 6.54 Å². The Morgan fingerprint density at radius 2 is 2.36 bits per heavy atom. The zero-order chi connectivity index (χ0) is 9.97. The second-order valence-corrected chi connectivity index (χ2v) is 2.97. The summed E-state index contributed by atoms with van der Waals surface area (Å²) in [5.41, 5.74) is 3.78. The fourth-order valence-electron chi connectivity index (χ4n) is 1.45. The number of rotatable bonds is 3. The molecular formula is C10H11NO3. The third-order valence-corrected chi connectivity index (χ3v) is 2.08. The van der Waals surface area contributed by atoms with E-state index >= 15 is 0 Å². The van der Waals surface area contributed by atoms with Crippen molar-refractivity contribution in [2.45, 2.75) is 6.54 Å². The molecule has 14 heavy (non-hydrogen) atoms. The summed E-state index contributed by atoms with van der Waals surface area (Å²) >= 11 is 0. The number of fused-ring (bicyclic) bond motifs is 1. The van der Waals surface area contributed by atoms with Crippen LogP contribution in [0.1, 0.15) is 5.56 Å². The maximum atomic E-state index is 8.59. The summed E-state index contributed by atoms with van der Waals surface area (Å²) in [6.07, 6.45) is 1.61. The Morgan fingerprint density at radius 3 is 3.07 bits per heavy atom. The summed E-state index contributed by atoms with van der Waals surface area (Å²) < 4.78 is 10.4. The summed E-state index contributed by atoms with van der Waals surface area (Å²) in [5.74, 6) is 0.678. The first kappa shape index (κ1) is 9.05. The van der Waals surface area contributed by atoms with Gasteiger partial charge in [-0.15, -0.1) is 0 Å². The van der Waals surface area contributed by atoms with Crippen molar-refractivity contribution in [3.63, 3.8) is 0 Å². The molecule has 1 heterocycles. The quantitative estimate of drug-likeness (QED) is 0.731. The van der Waals surface area contributed by atoms with Gasteiger partial charge in [-0.05, 0) is 23.8 Å². The largest absolute Gasteiger partial charge is 0.493 e. The molecule has 0 spiro atoms. The predicted octanol–water partition coefficient (Wildman–Crippen LogP) is 1.92. The maximum absolute atomic E-state index is 8.59. The average Bonchev–Trinajstić information content (AvgIpc) is 2.65. The molecule has 0 unspecified atom stereocenters. The van der Waals surface area contributed by atoms with Crippen molar-refractivity contribution in [3.05, 3.63) is 30.0 Å². The molecule has 0 bridgehead atoms. The lowest BCUT2D eigenvalue weighted by atomic mass is 10.1. The molecule has 74 valence electrons. The van der Waals surface area contributed by atoms with Gasteiger partial charge in [-0.25, -0.2) is 5.48 Å². The van der Waals surface area contributed by atoms with E-state index in [1.165, 1.54) is 0 Å². The summed E-state index contributed by atoms with van der Waals surface area (Å²) in [5, 5.41) is 9.56. The Morgan fingerprint density at radius 1 is 1.50 bits per heavy atom. The Balaban J connectivity index is 2.55. The lowest BCUT2D eigenvalue weighted by molar-refractivity contribution is 0.161. The van der Waals surface area contributed by atoms with Crippen LogP contribution in [-0.4, -0.2) is 12.3 Å². The number of hydrogen-bond donors (Lipinski definition) is 2. The van der Waals surface area contributed by atoms with E-state index in [0.29, 0.717) is 12.3 Å². The number of nitrogens with one attached hydrogen (secondary N) is 1. The molecule has 1 aromatic heterocycles. The van der Waals surface area contributed by atoms with Crippen LogP contribution in [0.2, 0.25) is 0 Å². The number of hydrogen-bond acceptors (Lipinski definition) is 4. The second-order valence-electron chi connectivity index (χ2n) is 2.97. The standard InChI is InChI=1S/C10H11NO3/c1-13-9-5-7(6-11-12)4-8-2-3-14-10(8)9/h2-5,11-12H,6H2,1H3. The van der Waals surface area contributed by atoms with E-state index in [0.717, 1.165) is 16.5 Å². The van der Waals surface area contributed by atoms with Gasteiger partial charge in [0.15, 0.2) is 11.3 Å². The van der Waals surface area contributed by atoms with Crippen LogP contribution in [0.15, 0.2) is 28.9 Å². The summed E-state index contributed by atoms with van der Waals surface area (Å²) in [6.45, 7) is 0.386. The van der Waals surface area contributed by atoms with E-state index in [1.807, 2.05) is 18.2 Å². The van der Waals surface area contributed by atoms with Gasteiger partial charge in [0.05, 0.1) is 13.4 Å². The van der Waals surface area contributed by atoms with E-state index < -0.39 is 0 Å². The first-order chi connectivity index (χ1) is 6.85. The van der Waals surface area contributed by atoms with Gasteiger partial charge in [0.1, 0.15) is 0 Å². The van der Waals surface area contributed by atoms with Crippen LogP contribution in [0.25, 0.3) is 11.0 Å². The number of hydroxylamine groups is 1. The minimum atomic E-state index is 0.386. The van der Waals surface area contributed by atoms with Crippen molar-refractivity contribution in [3.8, 4) is 5.75 Å². The maximum Gasteiger partial charge on any atom is 0.175 e. The molecule has 0 radical (unpaired) electrons. The highest BCUT2D eigenvalue weighted by molar-refractivity contribution is 5.83. The number of methoxy groups -OCH3 is 1. The highest BCUT2D eigenvalue weighted by Crippen LogP contribution is 2.28. The topological polar surface area (TPSA) is 54.6 Å². The molecule has 2 rings (SSSR count). The van der Waals surface area contributed by atoms with Crippen LogP contribution in [0.4, 0.5) is 0 Å². The van der Waals surface area contributed by atoms with Crippen molar-refractivity contribution in [2.75, 3.05) is 7.11 Å². The first-order valence-electron chi connectivity index (χ1n) is 4.26. The van der Waals surface area contributed by atoms with Crippen LogP contribution < -0.4 is 10.2 Å². The van der Waals surface area contributed by atoms with Gasteiger partial charge in [0.2, 0.25) is 0 Å². The molecule has 0 saturated carbocycles. The van der Waals surface area contributed by atoms with Gasteiger partial charge in [-0.2, -0.15) is 0 Å². The molecule has 2 aromatic rings. The molecule has 4 heteroatoms. The van der Waals surface area contributed by atoms with Gasteiger partial charge < -0.3 is 14.4 Å². The zero-order valence-corrected chi connectivity index (χ0v) is 7.78.